The van der Waals surface area contributed by atoms with Crippen molar-refractivity contribution < 1.29 is 19.8 Å². The van der Waals surface area contributed by atoms with Crippen molar-refractivity contribution in [2.45, 2.75) is 18.1 Å². The van der Waals surface area contributed by atoms with E-state index in [0.717, 1.165) is 10.8 Å². The number of aliphatic carboxylic acids is 2. The van der Waals surface area contributed by atoms with Gasteiger partial charge in [0.05, 0.1) is 12.8 Å². The largest absolute Gasteiger partial charge is 0.481 e. The molecule has 4 nitrogen and oxygen atoms in total. The van der Waals surface area contributed by atoms with Crippen LogP contribution in [0.2, 0.25) is 0 Å². The molecule has 6 heteroatoms. The average molecular weight is 196 g/mol. The first-order valence-electron chi connectivity index (χ1n) is 2.80. The van der Waals surface area contributed by atoms with Crippen molar-refractivity contribution in [2.24, 2.45) is 0 Å². The highest BCUT2D eigenvalue weighted by molar-refractivity contribution is 8.68. The molecule has 0 atom stereocenters. The van der Waals surface area contributed by atoms with Gasteiger partial charge in [0.1, 0.15) is 0 Å². The molecule has 0 radical (unpaired) electrons. The SMILES string of the molecule is O=C(O)CC(CC(=O)O)SS. The van der Waals surface area contributed by atoms with Crippen molar-refractivity contribution >= 4 is 34.4 Å². The molecule has 0 aromatic carbocycles. The van der Waals surface area contributed by atoms with Crippen LogP contribution >= 0.6 is 22.5 Å². The Hall–Kier alpha value is -0.360. The van der Waals surface area contributed by atoms with E-state index in [1.54, 1.807) is 0 Å². The summed E-state index contributed by atoms with van der Waals surface area (Å²) >= 11 is 3.75. The van der Waals surface area contributed by atoms with Crippen molar-refractivity contribution in [3.63, 3.8) is 0 Å². The second-order valence-electron chi connectivity index (χ2n) is 1.92. The molecular formula is C5H8O4S2. The Morgan fingerprint density at radius 2 is 1.64 bits per heavy atom. The molecular weight excluding hydrogens is 188 g/mol. The molecule has 2 N–H and O–H groups in total. The molecule has 0 rings (SSSR count). The van der Waals surface area contributed by atoms with Gasteiger partial charge < -0.3 is 10.2 Å². The Bertz CT molecular complexity index is 143. The third-order valence-corrected chi connectivity index (χ3v) is 2.48. The van der Waals surface area contributed by atoms with Crippen molar-refractivity contribution in [3.8, 4) is 0 Å². The van der Waals surface area contributed by atoms with Gasteiger partial charge in [-0.15, -0.1) is 11.7 Å². The van der Waals surface area contributed by atoms with E-state index in [2.05, 4.69) is 11.7 Å². The summed E-state index contributed by atoms with van der Waals surface area (Å²) in [6.45, 7) is 0. The minimum Gasteiger partial charge on any atom is -0.481 e. The van der Waals surface area contributed by atoms with E-state index >= 15 is 0 Å². The molecule has 0 aliphatic carbocycles. The van der Waals surface area contributed by atoms with Gasteiger partial charge in [0, 0.05) is 5.25 Å². The summed E-state index contributed by atoms with van der Waals surface area (Å²) in [5, 5.41) is 16.1. The molecule has 0 aromatic rings. The highest BCUT2D eigenvalue weighted by Crippen LogP contribution is 2.21. The molecule has 0 aliphatic heterocycles. The zero-order valence-corrected chi connectivity index (χ0v) is 7.27. The van der Waals surface area contributed by atoms with Gasteiger partial charge in [0.2, 0.25) is 0 Å². The van der Waals surface area contributed by atoms with Gasteiger partial charge in [-0.1, -0.05) is 10.8 Å². The van der Waals surface area contributed by atoms with Crippen LogP contribution in [0.3, 0.4) is 0 Å². The lowest BCUT2D eigenvalue weighted by Gasteiger charge is -2.06. The summed E-state index contributed by atoms with van der Waals surface area (Å²) in [7, 11) is 0.959. The highest BCUT2D eigenvalue weighted by atomic mass is 33.1. The number of thiol groups is 1. The molecule has 0 aromatic heterocycles. The van der Waals surface area contributed by atoms with Crippen LogP contribution in [0.4, 0.5) is 0 Å². The summed E-state index contributed by atoms with van der Waals surface area (Å²) in [5.74, 6) is -2.00. The van der Waals surface area contributed by atoms with Crippen LogP contribution in [0.1, 0.15) is 12.8 Å². The minimum atomic E-state index is -1.00. The molecule has 0 spiro atoms. The standard InChI is InChI=1S/C5H8O4S2/c6-4(7)1-3(11-10)2-5(8)9/h3,10H,1-2H2,(H,6,7)(H,8,9). The number of carboxylic acids is 2. The number of hydrogen-bond donors (Lipinski definition) is 3. The van der Waals surface area contributed by atoms with E-state index < -0.39 is 17.2 Å². The Labute approximate surface area is 72.8 Å². The van der Waals surface area contributed by atoms with Crippen LogP contribution in [0.25, 0.3) is 0 Å². The number of carboxylic acid groups (broad SMARTS) is 2. The molecule has 0 unspecified atom stereocenters. The number of rotatable bonds is 5. The summed E-state index contributed by atoms with van der Waals surface area (Å²) < 4.78 is 0. The second kappa shape index (κ2) is 5.31. The van der Waals surface area contributed by atoms with Crippen LogP contribution in [-0.2, 0) is 9.59 Å². The fourth-order valence-corrected chi connectivity index (χ4v) is 1.42. The van der Waals surface area contributed by atoms with Gasteiger partial charge in [-0.3, -0.25) is 9.59 Å². The third kappa shape index (κ3) is 6.05. The van der Waals surface area contributed by atoms with Crippen LogP contribution in [0.15, 0.2) is 0 Å². The first-order valence-corrected chi connectivity index (χ1v) is 4.73. The van der Waals surface area contributed by atoms with E-state index in [-0.39, 0.29) is 12.8 Å². The number of hydrogen-bond acceptors (Lipinski definition) is 4. The molecule has 0 fully saturated rings. The van der Waals surface area contributed by atoms with Crippen molar-refractivity contribution in [1.29, 1.82) is 0 Å². The van der Waals surface area contributed by atoms with E-state index in [4.69, 9.17) is 10.2 Å². The van der Waals surface area contributed by atoms with Crippen molar-refractivity contribution in [2.75, 3.05) is 0 Å². The average Bonchev–Trinajstić information content (AvgIpc) is 1.84. The molecule has 0 heterocycles. The Morgan fingerprint density at radius 1 is 1.27 bits per heavy atom. The Balaban J connectivity index is 3.76. The minimum absolute atomic E-state index is 0.166. The first-order chi connectivity index (χ1) is 5.06. The Morgan fingerprint density at radius 3 is 1.82 bits per heavy atom. The summed E-state index contributed by atoms with van der Waals surface area (Å²) in [6, 6.07) is 0. The van der Waals surface area contributed by atoms with Gasteiger partial charge >= 0.3 is 11.9 Å². The monoisotopic (exact) mass is 196 g/mol. The summed E-state index contributed by atoms with van der Waals surface area (Å²) in [4.78, 5) is 20.2. The van der Waals surface area contributed by atoms with E-state index in [9.17, 15) is 9.59 Å². The topological polar surface area (TPSA) is 74.6 Å². The fourth-order valence-electron chi connectivity index (χ4n) is 0.536. The normalized spacial score (nSPS) is 10.0. The lowest BCUT2D eigenvalue weighted by molar-refractivity contribution is -0.138. The van der Waals surface area contributed by atoms with Crippen LogP contribution in [0, 0.1) is 0 Å². The third-order valence-electron chi connectivity index (χ3n) is 0.954. The van der Waals surface area contributed by atoms with Gasteiger partial charge in [-0.25, -0.2) is 0 Å². The molecule has 0 aliphatic rings. The van der Waals surface area contributed by atoms with Crippen LogP contribution < -0.4 is 0 Å². The summed E-state index contributed by atoms with van der Waals surface area (Å²) in [5.41, 5.74) is 0. The quantitative estimate of drug-likeness (QED) is 0.449. The number of carbonyl (C=O) groups is 2. The second-order valence-corrected chi connectivity index (χ2v) is 3.43. The zero-order chi connectivity index (χ0) is 8.85. The highest BCUT2D eigenvalue weighted by Gasteiger charge is 2.15. The molecule has 0 bridgehead atoms. The van der Waals surface area contributed by atoms with Gasteiger partial charge in [-0.2, -0.15) is 0 Å². The predicted octanol–water partition coefficient (Wildman–Crippen LogP) is 0.882. The smallest absolute Gasteiger partial charge is 0.304 e. The molecule has 0 saturated heterocycles. The zero-order valence-electron chi connectivity index (χ0n) is 5.56. The van der Waals surface area contributed by atoms with Crippen LogP contribution in [0.5, 0.6) is 0 Å². The van der Waals surface area contributed by atoms with E-state index in [1.807, 2.05) is 0 Å². The van der Waals surface area contributed by atoms with Crippen molar-refractivity contribution in [1.82, 2.24) is 0 Å². The van der Waals surface area contributed by atoms with E-state index in [0.29, 0.717) is 0 Å². The lowest BCUT2D eigenvalue weighted by Crippen LogP contribution is -2.13. The maximum Gasteiger partial charge on any atom is 0.304 e. The molecule has 11 heavy (non-hydrogen) atoms. The van der Waals surface area contributed by atoms with Gasteiger partial charge in [0.15, 0.2) is 0 Å². The predicted molar refractivity (Wildman–Crippen MR) is 44.9 cm³/mol. The lowest BCUT2D eigenvalue weighted by atomic mass is 10.2. The molecule has 0 saturated carbocycles. The van der Waals surface area contributed by atoms with Gasteiger partial charge in [0.25, 0.3) is 0 Å². The van der Waals surface area contributed by atoms with Crippen molar-refractivity contribution in [3.05, 3.63) is 0 Å². The fraction of sp³-hybridized carbons (Fsp3) is 0.600. The van der Waals surface area contributed by atoms with E-state index in [1.165, 1.54) is 0 Å². The molecule has 0 amide bonds. The molecule has 64 valence electrons. The maximum atomic E-state index is 10.1. The van der Waals surface area contributed by atoms with Crippen LogP contribution in [-0.4, -0.2) is 27.4 Å². The first kappa shape index (κ1) is 10.6. The van der Waals surface area contributed by atoms with Gasteiger partial charge in [-0.05, 0) is 0 Å². The summed E-state index contributed by atoms with van der Waals surface area (Å²) in [6.07, 6.45) is -0.332. The maximum absolute atomic E-state index is 10.1. The Kier molecular flexibility index (Phi) is 5.14.